The first-order valence-corrected chi connectivity index (χ1v) is 8.16. The van der Waals surface area contributed by atoms with E-state index in [1.165, 1.54) is 6.08 Å². The highest BCUT2D eigenvalue weighted by molar-refractivity contribution is 5.98. The van der Waals surface area contributed by atoms with Crippen molar-refractivity contribution in [2.24, 2.45) is 5.92 Å². The summed E-state index contributed by atoms with van der Waals surface area (Å²) in [6.45, 7) is 7.65. The van der Waals surface area contributed by atoms with Crippen molar-refractivity contribution >= 4 is 16.7 Å². The smallest absolute Gasteiger partial charge is 0.335 e. The normalized spacial score (nSPS) is 16.9. The van der Waals surface area contributed by atoms with Crippen LogP contribution < -0.4 is 4.74 Å². The van der Waals surface area contributed by atoms with Crippen LogP contribution in [0.15, 0.2) is 30.9 Å². The van der Waals surface area contributed by atoms with E-state index in [0.29, 0.717) is 17.4 Å². The number of rotatable bonds is 3. The lowest BCUT2D eigenvalue weighted by Crippen LogP contribution is -2.17. The van der Waals surface area contributed by atoms with Crippen molar-refractivity contribution in [2.45, 2.75) is 39.5 Å². The molecule has 2 aromatic carbocycles. The third-order valence-corrected chi connectivity index (χ3v) is 4.84. The fourth-order valence-electron chi connectivity index (χ4n) is 3.49. The average molecular weight is 310 g/mol. The Morgan fingerprint density at radius 3 is 2.87 bits per heavy atom. The third-order valence-electron chi connectivity index (χ3n) is 4.84. The molecular weight excluding hydrogens is 288 g/mol. The molecule has 0 spiro atoms. The van der Waals surface area contributed by atoms with Gasteiger partial charge in [-0.05, 0) is 38.2 Å². The first kappa shape index (κ1) is 15.6. The Kier molecular flexibility index (Phi) is 4.12. The fraction of sp³-hybridized carbons (Fsp3) is 0.350. The van der Waals surface area contributed by atoms with Gasteiger partial charge < -0.3 is 9.84 Å². The number of benzene rings is 2. The van der Waals surface area contributed by atoms with E-state index in [-0.39, 0.29) is 0 Å². The van der Waals surface area contributed by atoms with Crippen LogP contribution in [0.25, 0.3) is 10.8 Å². The zero-order valence-electron chi connectivity index (χ0n) is 13.7. The molecule has 0 bridgehead atoms. The number of carbonyl (C=O) groups excluding carboxylic acids is 1. The van der Waals surface area contributed by atoms with Gasteiger partial charge in [0.2, 0.25) is 0 Å². The summed E-state index contributed by atoms with van der Waals surface area (Å²) in [6, 6.07) is 5.84. The van der Waals surface area contributed by atoms with Gasteiger partial charge in [-0.2, -0.15) is 0 Å². The number of aromatic hydroxyl groups is 1. The van der Waals surface area contributed by atoms with Crippen molar-refractivity contribution in [2.75, 3.05) is 0 Å². The molecule has 1 aliphatic carbocycles. The second-order valence-corrected chi connectivity index (χ2v) is 6.33. The SMILES string of the molecule is C=CC(=O)Oc1c2c(c(O)c3cc(C)ccc13)CCC(CC)C2. The van der Waals surface area contributed by atoms with Gasteiger partial charge in [-0.1, -0.05) is 37.6 Å². The monoisotopic (exact) mass is 310 g/mol. The number of fused-ring (bicyclic) bond motifs is 2. The maximum Gasteiger partial charge on any atom is 0.335 e. The van der Waals surface area contributed by atoms with Crippen LogP contribution in [-0.4, -0.2) is 11.1 Å². The lowest BCUT2D eigenvalue weighted by molar-refractivity contribution is -0.128. The zero-order chi connectivity index (χ0) is 16.6. The average Bonchev–Trinajstić information content (AvgIpc) is 2.57. The second kappa shape index (κ2) is 6.07. The van der Waals surface area contributed by atoms with Gasteiger partial charge in [0.25, 0.3) is 0 Å². The van der Waals surface area contributed by atoms with Crippen LogP contribution in [0.2, 0.25) is 0 Å². The zero-order valence-corrected chi connectivity index (χ0v) is 13.7. The summed E-state index contributed by atoms with van der Waals surface area (Å²) in [7, 11) is 0. The fourth-order valence-corrected chi connectivity index (χ4v) is 3.49. The lowest BCUT2D eigenvalue weighted by atomic mass is 9.80. The molecule has 120 valence electrons. The highest BCUT2D eigenvalue weighted by Gasteiger charge is 2.27. The van der Waals surface area contributed by atoms with E-state index < -0.39 is 5.97 Å². The number of carbonyl (C=O) groups is 1. The van der Waals surface area contributed by atoms with Crippen molar-refractivity contribution in [3.05, 3.63) is 47.5 Å². The number of phenols is 1. The van der Waals surface area contributed by atoms with Gasteiger partial charge in [-0.15, -0.1) is 0 Å². The molecule has 1 atom stereocenters. The molecule has 0 saturated heterocycles. The number of hydrogen-bond acceptors (Lipinski definition) is 3. The number of aryl methyl sites for hydroxylation is 1. The van der Waals surface area contributed by atoms with Crippen LogP contribution in [-0.2, 0) is 17.6 Å². The first-order chi connectivity index (χ1) is 11.0. The molecule has 0 aromatic heterocycles. The number of esters is 1. The molecule has 0 aliphatic heterocycles. The minimum atomic E-state index is -0.460. The molecule has 0 saturated carbocycles. The number of hydrogen-bond donors (Lipinski definition) is 1. The Bertz CT molecular complexity index is 789. The van der Waals surface area contributed by atoms with Gasteiger partial charge in [0.05, 0.1) is 0 Å². The number of ether oxygens (including phenoxy) is 1. The predicted octanol–water partition coefficient (Wildman–Crippen LogP) is 4.46. The molecular formula is C20H22O3. The van der Waals surface area contributed by atoms with Crippen molar-refractivity contribution in [3.8, 4) is 11.5 Å². The van der Waals surface area contributed by atoms with Crippen LogP contribution in [0.5, 0.6) is 11.5 Å². The Morgan fingerprint density at radius 1 is 1.39 bits per heavy atom. The van der Waals surface area contributed by atoms with Gasteiger partial charge in [-0.25, -0.2) is 4.79 Å². The quantitative estimate of drug-likeness (QED) is 0.517. The molecule has 0 radical (unpaired) electrons. The van der Waals surface area contributed by atoms with Gasteiger partial charge >= 0.3 is 5.97 Å². The van der Waals surface area contributed by atoms with Crippen molar-refractivity contribution in [3.63, 3.8) is 0 Å². The molecule has 0 fully saturated rings. The van der Waals surface area contributed by atoms with Gasteiger partial charge in [-0.3, -0.25) is 0 Å². The van der Waals surface area contributed by atoms with Crippen molar-refractivity contribution in [1.29, 1.82) is 0 Å². The van der Waals surface area contributed by atoms with Gasteiger partial charge in [0.1, 0.15) is 11.5 Å². The third kappa shape index (κ3) is 2.72. The van der Waals surface area contributed by atoms with E-state index in [1.807, 2.05) is 25.1 Å². The number of phenolic OH excluding ortho intramolecular Hbond substituents is 1. The maximum atomic E-state index is 11.8. The van der Waals surface area contributed by atoms with Crippen LogP contribution in [0.1, 0.15) is 36.5 Å². The summed E-state index contributed by atoms with van der Waals surface area (Å²) < 4.78 is 5.59. The summed E-state index contributed by atoms with van der Waals surface area (Å²) in [6.07, 6.45) is 4.98. The minimum Gasteiger partial charge on any atom is -0.507 e. The molecule has 1 unspecified atom stereocenters. The lowest BCUT2D eigenvalue weighted by Gasteiger charge is -2.27. The van der Waals surface area contributed by atoms with Gasteiger partial charge in [0.15, 0.2) is 0 Å². The first-order valence-electron chi connectivity index (χ1n) is 8.16. The van der Waals surface area contributed by atoms with E-state index in [2.05, 4.69) is 13.5 Å². The van der Waals surface area contributed by atoms with E-state index in [4.69, 9.17) is 4.74 Å². The van der Waals surface area contributed by atoms with Crippen LogP contribution in [0.4, 0.5) is 0 Å². The predicted molar refractivity (Wildman–Crippen MR) is 92.0 cm³/mol. The Hall–Kier alpha value is -2.29. The Morgan fingerprint density at radius 2 is 2.17 bits per heavy atom. The molecule has 2 aromatic rings. The van der Waals surface area contributed by atoms with E-state index in [9.17, 15) is 9.90 Å². The molecule has 3 heteroatoms. The van der Waals surface area contributed by atoms with Crippen LogP contribution >= 0.6 is 0 Å². The summed E-state index contributed by atoms with van der Waals surface area (Å²) in [5, 5.41) is 12.3. The van der Waals surface area contributed by atoms with Crippen molar-refractivity contribution < 1.29 is 14.6 Å². The molecule has 0 heterocycles. The molecule has 0 amide bonds. The van der Waals surface area contributed by atoms with E-state index in [0.717, 1.165) is 53.1 Å². The summed E-state index contributed by atoms with van der Waals surface area (Å²) in [5.41, 5.74) is 2.97. The largest absolute Gasteiger partial charge is 0.507 e. The molecule has 23 heavy (non-hydrogen) atoms. The molecule has 1 N–H and O–H groups in total. The highest BCUT2D eigenvalue weighted by atomic mass is 16.5. The maximum absolute atomic E-state index is 11.8. The molecule has 1 aliphatic rings. The van der Waals surface area contributed by atoms with Crippen LogP contribution in [0.3, 0.4) is 0 Å². The summed E-state index contributed by atoms with van der Waals surface area (Å²) in [5.74, 6) is 1.03. The Balaban J connectivity index is 2.29. The molecule has 3 nitrogen and oxygen atoms in total. The summed E-state index contributed by atoms with van der Waals surface area (Å²) >= 11 is 0. The highest BCUT2D eigenvalue weighted by Crippen LogP contribution is 2.45. The van der Waals surface area contributed by atoms with E-state index in [1.54, 1.807) is 0 Å². The Labute approximate surface area is 136 Å². The summed E-state index contributed by atoms with van der Waals surface area (Å²) in [4.78, 5) is 11.8. The standard InChI is InChI=1S/C20H22O3/c1-4-13-7-9-14-17(11-13)20(23-18(21)5-2)15-8-6-12(3)10-16(15)19(14)22/h5-6,8,10,13,22H,2,4,7,9,11H2,1,3H3. The molecule has 3 rings (SSSR count). The van der Waals surface area contributed by atoms with Crippen LogP contribution in [0, 0.1) is 12.8 Å². The van der Waals surface area contributed by atoms with Gasteiger partial charge in [0, 0.05) is 28.0 Å². The van der Waals surface area contributed by atoms with E-state index >= 15 is 0 Å². The van der Waals surface area contributed by atoms with Crippen molar-refractivity contribution in [1.82, 2.24) is 0 Å². The minimum absolute atomic E-state index is 0.339. The topological polar surface area (TPSA) is 46.5 Å². The second-order valence-electron chi connectivity index (χ2n) is 6.33.